The molecule has 2 saturated heterocycles. The van der Waals surface area contributed by atoms with Crippen LogP contribution in [0, 0.1) is 5.92 Å². The Balaban J connectivity index is 1.83. The lowest BCUT2D eigenvalue weighted by molar-refractivity contribution is -0.135. The van der Waals surface area contributed by atoms with Gasteiger partial charge in [0.15, 0.2) is 0 Å². The highest BCUT2D eigenvalue weighted by Crippen LogP contribution is 2.22. The van der Waals surface area contributed by atoms with E-state index in [-0.39, 0.29) is 11.7 Å². The highest BCUT2D eigenvalue weighted by atomic mass is 16.2. The predicted molar refractivity (Wildman–Crippen MR) is 65.6 cm³/mol. The molecule has 1 amide bonds. The van der Waals surface area contributed by atoms with Crippen LogP contribution < -0.4 is 0 Å². The van der Waals surface area contributed by atoms with Crippen LogP contribution in [0.15, 0.2) is 0 Å². The highest BCUT2D eigenvalue weighted by molar-refractivity contribution is 5.84. The number of carbonyl (C=O) groups excluding carboxylic acids is 2. The first kappa shape index (κ1) is 12.6. The van der Waals surface area contributed by atoms with Gasteiger partial charge in [-0.3, -0.25) is 14.5 Å². The summed E-state index contributed by atoms with van der Waals surface area (Å²) in [5, 5.41) is 0. The minimum absolute atomic E-state index is 0.193. The van der Waals surface area contributed by atoms with E-state index in [4.69, 9.17) is 0 Å². The monoisotopic (exact) mass is 238 g/mol. The number of hydrogen-bond donors (Lipinski definition) is 0. The molecule has 0 aromatic carbocycles. The smallest absolute Gasteiger partial charge is 0.236 e. The molecular weight excluding hydrogens is 216 g/mol. The average molecular weight is 238 g/mol. The van der Waals surface area contributed by atoms with Crippen LogP contribution in [-0.4, -0.2) is 53.7 Å². The van der Waals surface area contributed by atoms with Crippen molar-refractivity contribution < 1.29 is 9.59 Å². The molecular formula is C13H22N2O2. The number of nitrogens with zero attached hydrogens (tertiary/aromatic N) is 2. The minimum atomic E-state index is 0.193. The largest absolute Gasteiger partial charge is 0.341 e. The van der Waals surface area contributed by atoms with E-state index >= 15 is 0 Å². The first-order valence-electron chi connectivity index (χ1n) is 6.60. The normalized spacial score (nSPS) is 30.9. The van der Waals surface area contributed by atoms with E-state index in [9.17, 15) is 9.59 Å². The van der Waals surface area contributed by atoms with Gasteiger partial charge < -0.3 is 4.90 Å². The maximum Gasteiger partial charge on any atom is 0.236 e. The Morgan fingerprint density at radius 2 is 1.94 bits per heavy atom. The zero-order valence-electron chi connectivity index (χ0n) is 10.8. The number of likely N-dealkylation sites (tertiary alicyclic amines) is 2. The number of piperidine rings is 1. The second-order valence-corrected chi connectivity index (χ2v) is 5.54. The van der Waals surface area contributed by atoms with Crippen molar-refractivity contribution in [2.45, 2.75) is 39.2 Å². The van der Waals surface area contributed by atoms with Crippen molar-refractivity contribution in [1.82, 2.24) is 9.80 Å². The quantitative estimate of drug-likeness (QED) is 0.718. The van der Waals surface area contributed by atoms with Gasteiger partial charge in [-0.1, -0.05) is 6.92 Å². The molecule has 4 nitrogen and oxygen atoms in total. The van der Waals surface area contributed by atoms with Gasteiger partial charge in [-0.05, 0) is 19.3 Å². The molecule has 2 atom stereocenters. The Kier molecular flexibility index (Phi) is 3.82. The van der Waals surface area contributed by atoms with Gasteiger partial charge in [-0.15, -0.1) is 0 Å². The summed E-state index contributed by atoms with van der Waals surface area (Å²) in [6.07, 6.45) is 2.27. The predicted octanol–water partition coefficient (Wildman–Crippen LogP) is 0.908. The molecule has 2 rings (SSSR count). The van der Waals surface area contributed by atoms with Crippen LogP contribution in [0.4, 0.5) is 0 Å². The van der Waals surface area contributed by atoms with Gasteiger partial charge in [0, 0.05) is 38.5 Å². The fourth-order valence-electron chi connectivity index (χ4n) is 2.89. The maximum atomic E-state index is 12.1. The summed E-state index contributed by atoms with van der Waals surface area (Å²) in [7, 11) is 0. The van der Waals surface area contributed by atoms with Crippen LogP contribution in [0.2, 0.25) is 0 Å². The number of hydrogen-bond acceptors (Lipinski definition) is 3. The van der Waals surface area contributed by atoms with Gasteiger partial charge in [-0.25, -0.2) is 0 Å². The van der Waals surface area contributed by atoms with E-state index in [1.807, 2.05) is 4.90 Å². The molecule has 0 bridgehead atoms. The van der Waals surface area contributed by atoms with Gasteiger partial charge in [0.25, 0.3) is 0 Å². The molecule has 0 aliphatic carbocycles. The Labute approximate surface area is 103 Å². The third kappa shape index (κ3) is 3.06. The second kappa shape index (κ2) is 5.17. The molecule has 0 aromatic rings. The lowest BCUT2D eigenvalue weighted by atomic mass is 10.1. The topological polar surface area (TPSA) is 40.6 Å². The highest BCUT2D eigenvalue weighted by Gasteiger charge is 2.29. The van der Waals surface area contributed by atoms with E-state index in [1.54, 1.807) is 0 Å². The average Bonchev–Trinajstić information content (AvgIpc) is 2.58. The molecule has 2 aliphatic rings. The fraction of sp³-hybridized carbons (Fsp3) is 0.846. The lowest BCUT2D eigenvalue weighted by Gasteiger charge is -2.29. The summed E-state index contributed by atoms with van der Waals surface area (Å²) < 4.78 is 0. The molecule has 0 saturated carbocycles. The number of amides is 1. The number of rotatable bonds is 2. The summed E-state index contributed by atoms with van der Waals surface area (Å²) in [6.45, 7) is 7.22. The number of carbonyl (C=O) groups is 2. The van der Waals surface area contributed by atoms with Crippen molar-refractivity contribution in [3.05, 3.63) is 0 Å². The molecule has 0 aromatic heterocycles. The summed E-state index contributed by atoms with van der Waals surface area (Å²) >= 11 is 0. The Morgan fingerprint density at radius 3 is 2.47 bits per heavy atom. The van der Waals surface area contributed by atoms with Gasteiger partial charge in [-0.2, -0.15) is 0 Å². The maximum absolute atomic E-state index is 12.1. The van der Waals surface area contributed by atoms with E-state index in [1.165, 1.54) is 6.42 Å². The molecule has 0 N–H and O–H groups in total. The zero-order valence-corrected chi connectivity index (χ0v) is 10.8. The Hall–Kier alpha value is -0.900. The number of Topliss-reactive ketones (excluding diaryl/α,β-unsaturated/α-hetero) is 1. The van der Waals surface area contributed by atoms with Crippen molar-refractivity contribution in [2.75, 3.05) is 26.2 Å². The SMILES string of the molecule is CC1CC(C)N(CC(=O)N2CCC(=O)CC2)C1. The van der Waals surface area contributed by atoms with E-state index < -0.39 is 0 Å². The van der Waals surface area contributed by atoms with Crippen molar-refractivity contribution in [1.29, 1.82) is 0 Å². The van der Waals surface area contributed by atoms with Gasteiger partial charge >= 0.3 is 0 Å². The molecule has 2 aliphatic heterocycles. The summed E-state index contributed by atoms with van der Waals surface area (Å²) in [4.78, 5) is 27.3. The molecule has 0 spiro atoms. The summed E-state index contributed by atoms with van der Waals surface area (Å²) in [5.74, 6) is 1.18. The first-order chi connectivity index (χ1) is 8.06. The van der Waals surface area contributed by atoms with Crippen LogP contribution in [0.5, 0.6) is 0 Å². The van der Waals surface area contributed by atoms with Crippen LogP contribution in [0.1, 0.15) is 33.1 Å². The Bertz CT molecular complexity index is 307. The van der Waals surface area contributed by atoms with Crippen LogP contribution >= 0.6 is 0 Å². The van der Waals surface area contributed by atoms with Gasteiger partial charge in [0.05, 0.1) is 6.54 Å². The van der Waals surface area contributed by atoms with Crippen LogP contribution in [-0.2, 0) is 9.59 Å². The van der Waals surface area contributed by atoms with Crippen molar-refractivity contribution in [3.63, 3.8) is 0 Å². The lowest BCUT2D eigenvalue weighted by Crippen LogP contribution is -2.45. The van der Waals surface area contributed by atoms with E-state index in [2.05, 4.69) is 18.7 Å². The summed E-state index contributed by atoms with van der Waals surface area (Å²) in [5.41, 5.74) is 0. The summed E-state index contributed by atoms with van der Waals surface area (Å²) in [6, 6.07) is 0.514. The molecule has 4 heteroatoms. The van der Waals surface area contributed by atoms with Gasteiger partial charge in [0.2, 0.25) is 5.91 Å². The molecule has 17 heavy (non-hydrogen) atoms. The molecule has 96 valence electrons. The zero-order chi connectivity index (χ0) is 12.4. The second-order valence-electron chi connectivity index (χ2n) is 5.54. The van der Waals surface area contributed by atoms with E-state index in [0.29, 0.717) is 44.4 Å². The molecule has 2 heterocycles. The number of ketones is 1. The van der Waals surface area contributed by atoms with Crippen molar-refractivity contribution in [2.24, 2.45) is 5.92 Å². The van der Waals surface area contributed by atoms with Gasteiger partial charge in [0.1, 0.15) is 5.78 Å². The third-order valence-corrected chi connectivity index (χ3v) is 3.93. The standard InChI is InChI=1S/C13H22N2O2/c1-10-7-11(2)15(8-10)9-13(17)14-5-3-12(16)4-6-14/h10-11H,3-9H2,1-2H3. The minimum Gasteiger partial charge on any atom is -0.341 e. The van der Waals surface area contributed by atoms with Crippen molar-refractivity contribution >= 4 is 11.7 Å². The van der Waals surface area contributed by atoms with Crippen LogP contribution in [0.3, 0.4) is 0 Å². The molecule has 2 fully saturated rings. The first-order valence-corrected chi connectivity index (χ1v) is 6.60. The van der Waals surface area contributed by atoms with E-state index in [0.717, 1.165) is 6.54 Å². The molecule has 2 unspecified atom stereocenters. The van der Waals surface area contributed by atoms with Crippen LogP contribution in [0.25, 0.3) is 0 Å². The fourth-order valence-corrected chi connectivity index (χ4v) is 2.89. The Morgan fingerprint density at radius 1 is 1.29 bits per heavy atom. The molecule has 0 radical (unpaired) electrons. The third-order valence-electron chi connectivity index (χ3n) is 3.93. The van der Waals surface area contributed by atoms with Crippen molar-refractivity contribution in [3.8, 4) is 0 Å².